The second-order valence-corrected chi connectivity index (χ2v) is 7.80. The van der Waals surface area contributed by atoms with E-state index in [0.29, 0.717) is 24.0 Å². The van der Waals surface area contributed by atoms with Crippen molar-refractivity contribution in [3.05, 3.63) is 16.1 Å². The van der Waals surface area contributed by atoms with Crippen molar-refractivity contribution in [2.45, 2.75) is 52.5 Å². The summed E-state index contributed by atoms with van der Waals surface area (Å²) in [7, 11) is 0. The predicted octanol–water partition coefficient (Wildman–Crippen LogP) is 2.00. The van der Waals surface area contributed by atoms with Gasteiger partial charge in [0, 0.05) is 38.8 Å². The molecule has 1 unspecified atom stereocenters. The Hall–Kier alpha value is -1.67. The third kappa shape index (κ3) is 7.46. The first kappa shape index (κ1) is 21.6. The number of nitrogens with zero attached hydrogens (tertiary/aromatic N) is 3. The number of carbonyl (C=O) groups excluding carboxylic acids is 1. The van der Waals surface area contributed by atoms with Crippen LogP contribution < -0.4 is 16.0 Å². The van der Waals surface area contributed by atoms with E-state index in [4.69, 9.17) is 0 Å². The van der Waals surface area contributed by atoms with E-state index in [9.17, 15) is 4.79 Å². The number of carbonyl (C=O) groups is 1. The number of likely N-dealkylation sites (tertiary alicyclic amines) is 1. The third-order valence-corrected chi connectivity index (χ3v) is 5.74. The molecule has 0 spiro atoms. The molecule has 1 atom stereocenters. The molecular formula is C19H34N6OS. The summed E-state index contributed by atoms with van der Waals surface area (Å²) in [6, 6.07) is 0.708. The van der Waals surface area contributed by atoms with E-state index in [2.05, 4.69) is 44.7 Å². The quantitative estimate of drug-likeness (QED) is 0.339. The summed E-state index contributed by atoms with van der Waals surface area (Å²) < 4.78 is 0. The maximum Gasteiger partial charge on any atom is 0.263 e. The van der Waals surface area contributed by atoms with Gasteiger partial charge in [-0.15, -0.1) is 11.3 Å². The lowest BCUT2D eigenvalue weighted by Gasteiger charge is -2.33. The molecule has 8 heteroatoms. The minimum Gasteiger partial charge on any atom is -0.357 e. The molecule has 0 radical (unpaired) electrons. The number of amides is 1. The molecule has 27 heavy (non-hydrogen) atoms. The van der Waals surface area contributed by atoms with Crippen LogP contribution in [-0.4, -0.2) is 67.1 Å². The molecule has 3 N–H and O–H groups in total. The van der Waals surface area contributed by atoms with Crippen LogP contribution in [0.4, 0.5) is 0 Å². The Labute approximate surface area is 167 Å². The molecule has 7 nitrogen and oxygen atoms in total. The highest BCUT2D eigenvalue weighted by Gasteiger charge is 2.17. The van der Waals surface area contributed by atoms with Gasteiger partial charge in [0.15, 0.2) is 5.96 Å². The number of hydrogen-bond acceptors (Lipinski definition) is 5. The Morgan fingerprint density at radius 3 is 2.85 bits per heavy atom. The number of nitrogens with one attached hydrogen (secondary N) is 3. The molecule has 1 amide bonds. The van der Waals surface area contributed by atoms with Crippen molar-refractivity contribution in [1.29, 1.82) is 0 Å². The topological polar surface area (TPSA) is 81.7 Å². The Morgan fingerprint density at radius 2 is 2.15 bits per heavy atom. The number of piperidine rings is 1. The van der Waals surface area contributed by atoms with Gasteiger partial charge in [-0.25, -0.2) is 4.98 Å². The molecular weight excluding hydrogens is 360 g/mol. The van der Waals surface area contributed by atoms with Gasteiger partial charge in [-0.05, 0) is 46.6 Å². The molecule has 0 aliphatic carbocycles. The van der Waals surface area contributed by atoms with Gasteiger partial charge in [0.1, 0.15) is 4.88 Å². The van der Waals surface area contributed by atoms with Gasteiger partial charge >= 0.3 is 0 Å². The fourth-order valence-corrected chi connectivity index (χ4v) is 3.97. The zero-order valence-corrected chi connectivity index (χ0v) is 17.7. The summed E-state index contributed by atoms with van der Waals surface area (Å²) in [5, 5.41) is 9.46. The minimum absolute atomic E-state index is 0.0607. The molecule has 2 heterocycles. The van der Waals surface area contributed by atoms with E-state index >= 15 is 0 Å². The van der Waals surface area contributed by atoms with Gasteiger partial charge in [-0.3, -0.25) is 9.79 Å². The van der Waals surface area contributed by atoms with Gasteiger partial charge in [-0.2, -0.15) is 0 Å². The van der Waals surface area contributed by atoms with E-state index in [-0.39, 0.29) is 5.91 Å². The van der Waals surface area contributed by atoms with E-state index in [1.807, 2.05) is 6.92 Å². The lowest BCUT2D eigenvalue weighted by molar-refractivity contribution is 0.0957. The van der Waals surface area contributed by atoms with Gasteiger partial charge in [0.05, 0.1) is 11.2 Å². The highest BCUT2D eigenvalue weighted by Crippen LogP contribution is 2.16. The van der Waals surface area contributed by atoms with Crippen molar-refractivity contribution >= 4 is 23.2 Å². The van der Waals surface area contributed by atoms with Crippen LogP contribution in [0.5, 0.6) is 0 Å². The number of aryl methyl sites for hydroxylation is 1. The fraction of sp³-hybridized carbons (Fsp3) is 0.737. The molecule has 2 rings (SSSR count). The van der Waals surface area contributed by atoms with E-state index in [0.717, 1.165) is 37.7 Å². The van der Waals surface area contributed by atoms with E-state index < -0.39 is 0 Å². The Balaban J connectivity index is 1.65. The largest absolute Gasteiger partial charge is 0.357 e. The SMILES string of the molecule is CCNC(=NCCCN1CCCCC1C)NCCNC(=O)c1scnc1C. The molecule has 152 valence electrons. The van der Waals surface area contributed by atoms with Gasteiger partial charge in [0.2, 0.25) is 0 Å². The smallest absolute Gasteiger partial charge is 0.263 e. The van der Waals surface area contributed by atoms with Crippen molar-refractivity contribution in [3.8, 4) is 0 Å². The number of aromatic nitrogens is 1. The molecule has 1 aliphatic heterocycles. The summed E-state index contributed by atoms with van der Waals surface area (Å²) in [5.74, 6) is 0.752. The monoisotopic (exact) mass is 394 g/mol. The summed E-state index contributed by atoms with van der Waals surface area (Å²) in [5.41, 5.74) is 2.48. The summed E-state index contributed by atoms with van der Waals surface area (Å²) in [4.78, 5) is 24.1. The standard InChI is InChI=1S/C19H34N6OS/c1-4-20-19(22-9-7-13-25-12-6-5-8-15(25)2)23-11-10-21-18(26)17-16(3)24-14-27-17/h14-15H,4-13H2,1-3H3,(H,21,26)(H2,20,22,23). The van der Waals surface area contributed by atoms with Crippen molar-refractivity contribution in [2.24, 2.45) is 4.99 Å². The Bertz CT molecular complexity index is 603. The van der Waals surface area contributed by atoms with Crippen LogP contribution in [0.15, 0.2) is 10.5 Å². The van der Waals surface area contributed by atoms with Gasteiger partial charge in [-0.1, -0.05) is 6.42 Å². The summed E-state index contributed by atoms with van der Waals surface area (Å²) in [6.07, 6.45) is 5.08. The maximum absolute atomic E-state index is 12.1. The number of guanidine groups is 1. The van der Waals surface area contributed by atoms with Crippen LogP contribution in [0.25, 0.3) is 0 Å². The zero-order valence-electron chi connectivity index (χ0n) is 16.9. The lowest BCUT2D eigenvalue weighted by Crippen LogP contribution is -2.42. The molecule has 0 aromatic carbocycles. The van der Waals surface area contributed by atoms with Crippen molar-refractivity contribution in [3.63, 3.8) is 0 Å². The number of aliphatic imine (C=N–C) groups is 1. The fourth-order valence-electron chi connectivity index (χ4n) is 3.25. The average Bonchev–Trinajstić information content (AvgIpc) is 3.09. The van der Waals surface area contributed by atoms with Crippen LogP contribution >= 0.6 is 11.3 Å². The van der Waals surface area contributed by atoms with E-state index in [1.54, 1.807) is 5.51 Å². The van der Waals surface area contributed by atoms with Crippen molar-refractivity contribution in [2.75, 3.05) is 39.3 Å². The minimum atomic E-state index is -0.0607. The summed E-state index contributed by atoms with van der Waals surface area (Å²) in [6.45, 7) is 11.4. The summed E-state index contributed by atoms with van der Waals surface area (Å²) >= 11 is 1.37. The Kier molecular flexibility index (Phi) is 9.55. The predicted molar refractivity (Wildman–Crippen MR) is 113 cm³/mol. The lowest BCUT2D eigenvalue weighted by atomic mass is 10.0. The second kappa shape index (κ2) is 11.9. The van der Waals surface area contributed by atoms with E-state index in [1.165, 1.54) is 37.1 Å². The van der Waals surface area contributed by atoms with Crippen LogP contribution in [-0.2, 0) is 0 Å². The Morgan fingerprint density at radius 1 is 1.33 bits per heavy atom. The van der Waals surface area contributed by atoms with Gasteiger partial charge < -0.3 is 20.9 Å². The zero-order chi connectivity index (χ0) is 19.5. The average molecular weight is 395 g/mol. The molecule has 1 saturated heterocycles. The molecule has 0 bridgehead atoms. The van der Waals surface area contributed by atoms with Crippen molar-refractivity contribution < 1.29 is 4.79 Å². The highest BCUT2D eigenvalue weighted by atomic mass is 32.1. The van der Waals surface area contributed by atoms with Crippen LogP contribution in [0.2, 0.25) is 0 Å². The van der Waals surface area contributed by atoms with Crippen LogP contribution in [0, 0.1) is 6.92 Å². The van der Waals surface area contributed by atoms with Crippen LogP contribution in [0.3, 0.4) is 0 Å². The molecule has 1 aromatic heterocycles. The maximum atomic E-state index is 12.1. The normalized spacial score (nSPS) is 18.3. The highest BCUT2D eigenvalue weighted by molar-refractivity contribution is 7.11. The molecule has 0 saturated carbocycles. The number of hydrogen-bond donors (Lipinski definition) is 3. The first-order valence-electron chi connectivity index (χ1n) is 10.1. The molecule has 1 aliphatic rings. The molecule has 1 fully saturated rings. The molecule has 1 aromatic rings. The second-order valence-electron chi connectivity index (χ2n) is 6.94. The first-order chi connectivity index (χ1) is 13.1. The first-order valence-corrected chi connectivity index (χ1v) is 10.9. The number of rotatable bonds is 9. The third-order valence-electron chi connectivity index (χ3n) is 4.81. The van der Waals surface area contributed by atoms with Gasteiger partial charge in [0.25, 0.3) is 5.91 Å². The number of thiazole rings is 1. The van der Waals surface area contributed by atoms with Crippen molar-refractivity contribution in [1.82, 2.24) is 25.8 Å². The van der Waals surface area contributed by atoms with Crippen LogP contribution in [0.1, 0.15) is 54.9 Å².